The van der Waals surface area contributed by atoms with Gasteiger partial charge in [-0.3, -0.25) is 0 Å². The zero-order valence-electron chi connectivity index (χ0n) is 11.4. The van der Waals surface area contributed by atoms with Gasteiger partial charge in [-0.25, -0.2) is 4.98 Å². The summed E-state index contributed by atoms with van der Waals surface area (Å²) in [5.74, 6) is 0.590. The lowest BCUT2D eigenvalue weighted by Crippen LogP contribution is -2.20. The highest BCUT2D eigenvalue weighted by atomic mass is 15.0. The van der Waals surface area contributed by atoms with Crippen LogP contribution in [0.5, 0.6) is 0 Å². The molecule has 1 aromatic carbocycles. The summed E-state index contributed by atoms with van der Waals surface area (Å²) >= 11 is 0. The molecule has 18 heavy (non-hydrogen) atoms. The first-order chi connectivity index (χ1) is 8.72. The van der Waals surface area contributed by atoms with Crippen molar-refractivity contribution in [2.45, 2.75) is 20.4 Å². The average molecular weight is 243 g/mol. The Kier molecular flexibility index (Phi) is 4.15. The Bertz CT molecular complexity index is 502. The molecule has 1 atom stereocenters. The third kappa shape index (κ3) is 2.79. The van der Waals surface area contributed by atoms with Crippen LogP contribution in [0.2, 0.25) is 0 Å². The van der Waals surface area contributed by atoms with E-state index in [0.29, 0.717) is 5.92 Å². The minimum absolute atomic E-state index is 0.590. The number of hydrogen-bond acceptors (Lipinski definition) is 2. The molecule has 0 radical (unpaired) electrons. The van der Waals surface area contributed by atoms with E-state index in [9.17, 15) is 0 Å². The second kappa shape index (κ2) is 5.83. The molecule has 3 heteroatoms. The van der Waals surface area contributed by atoms with Gasteiger partial charge in [0, 0.05) is 12.1 Å². The molecule has 0 amide bonds. The zero-order valence-corrected chi connectivity index (χ0v) is 11.4. The first-order valence-corrected chi connectivity index (χ1v) is 6.43. The molecule has 0 bridgehead atoms. The first-order valence-electron chi connectivity index (χ1n) is 6.43. The highest BCUT2D eigenvalue weighted by molar-refractivity contribution is 5.63. The Hall–Kier alpha value is -1.61. The predicted octanol–water partition coefficient (Wildman–Crippen LogP) is 2.71. The number of rotatable bonds is 5. The van der Waals surface area contributed by atoms with Gasteiger partial charge >= 0.3 is 0 Å². The fourth-order valence-corrected chi connectivity index (χ4v) is 2.30. The van der Waals surface area contributed by atoms with Crippen LogP contribution in [0.4, 0.5) is 0 Å². The van der Waals surface area contributed by atoms with E-state index < -0.39 is 0 Å². The van der Waals surface area contributed by atoms with Gasteiger partial charge in [0.2, 0.25) is 0 Å². The maximum absolute atomic E-state index is 4.30. The molecule has 0 spiro atoms. The summed E-state index contributed by atoms with van der Waals surface area (Å²) in [6.07, 6.45) is 3.88. The van der Waals surface area contributed by atoms with Gasteiger partial charge in [0.05, 0.1) is 18.2 Å². The van der Waals surface area contributed by atoms with Crippen molar-refractivity contribution < 1.29 is 0 Å². The van der Waals surface area contributed by atoms with Crippen molar-refractivity contribution in [3.63, 3.8) is 0 Å². The lowest BCUT2D eigenvalue weighted by Gasteiger charge is -2.15. The molecule has 2 rings (SSSR count). The van der Waals surface area contributed by atoms with Crippen molar-refractivity contribution in [2.75, 3.05) is 13.6 Å². The highest BCUT2D eigenvalue weighted by Gasteiger charge is 2.09. The van der Waals surface area contributed by atoms with E-state index in [2.05, 4.69) is 53.0 Å². The van der Waals surface area contributed by atoms with Crippen molar-refractivity contribution in [1.82, 2.24) is 14.9 Å². The van der Waals surface area contributed by atoms with Crippen molar-refractivity contribution in [1.29, 1.82) is 0 Å². The molecule has 0 aliphatic rings. The van der Waals surface area contributed by atoms with E-state index in [0.717, 1.165) is 13.1 Å². The summed E-state index contributed by atoms with van der Waals surface area (Å²) in [4.78, 5) is 4.30. The second-order valence-electron chi connectivity index (χ2n) is 4.91. The van der Waals surface area contributed by atoms with E-state index in [-0.39, 0.29) is 0 Å². The molecule has 0 saturated heterocycles. The number of aryl methyl sites for hydroxylation is 1. The fourth-order valence-electron chi connectivity index (χ4n) is 2.30. The maximum atomic E-state index is 4.30. The molecule has 96 valence electrons. The molecule has 0 aliphatic carbocycles. The van der Waals surface area contributed by atoms with Gasteiger partial charge in [-0.2, -0.15) is 0 Å². The summed E-state index contributed by atoms with van der Waals surface area (Å²) in [5, 5.41) is 3.22. The SMILES string of the molecule is CNCC(C)Cn1cncc1-c1ccccc1C. The van der Waals surface area contributed by atoms with Gasteiger partial charge in [0.15, 0.2) is 0 Å². The summed E-state index contributed by atoms with van der Waals surface area (Å²) in [6.45, 7) is 6.40. The second-order valence-corrected chi connectivity index (χ2v) is 4.91. The van der Waals surface area contributed by atoms with Gasteiger partial charge in [-0.15, -0.1) is 0 Å². The maximum Gasteiger partial charge on any atom is 0.0951 e. The van der Waals surface area contributed by atoms with Crippen LogP contribution in [-0.2, 0) is 6.54 Å². The van der Waals surface area contributed by atoms with E-state index in [1.54, 1.807) is 0 Å². The predicted molar refractivity (Wildman–Crippen MR) is 75.5 cm³/mol. The Morgan fingerprint density at radius 3 is 2.83 bits per heavy atom. The normalized spacial score (nSPS) is 12.6. The van der Waals surface area contributed by atoms with Crippen LogP contribution >= 0.6 is 0 Å². The highest BCUT2D eigenvalue weighted by Crippen LogP contribution is 2.23. The van der Waals surface area contributed by atoms with Crippen LogP contribution < -0.4 is 5.32 Å². The van der Waals surface area contributed by atoms with Crippen LogP contribution in [-0.4, -0.2) is 23.1 Å². The molecule has 1 aromatic heterocycles. The standard InChI is InChI=1S/C15H21N3/c1-12(8-16-3)10-18-11-17-9-15(18)14-7-5-4-6-13(14)2/h4-7,9,11-12,16H,8,10H2,1-3H3. The Balaban J connectivity index is 2.25. The zero-order chi connectivity index (χ0) is 13.0. The third-order valence-corrected chi connectivity index (χ3v) is 3.19. The van der Waals surface area contributed by atoms with E-state index >= 15 is 0 Å². The van der Waals surface area contributed by atoms with E-state index in [1.807, 2.05) is 19.6 Å². The number of aromatic nitrogens is 2. The minimum atomic E-state index is 0.590. The topological polar surface area (TPSA) is 29.9 Å². The van der Waals surface area contributed by atoms with Crippen molar-refractivity contribution >= 4 is 0 Å². The van der Waals surface area contributed by atoms with Crippen LogP contribution in [0.15, 0.2) is 36.8 Å². The van der Waals surface area contributed by atoms with Crippen molar-refractivity contribution in [3.05, 3.63) is 42.4 Å². The molecular formula is C15H21N3. The van der Waals surface area contributed by atoms with Crippen molar-refractivity contribution in [3.8, 4) is 11.3 Å². The molecule has 1 heterocycles. The van der Waals surface area contributed by atoms with Gasteiger partial charge in [-0.1, -0.05) is 31.2 Å². The molecule has 3 nitrogen and oxygen atoms in total. The summed E-state index contributed by atoms with van der Waals surface area (Å²) in [7, 11) is 1.99. The monoisotopic (exact) mass is 243 g/mol. The van der Waals surface area contributed by atoms with E-state index in [1.165, 1.54) is 16.8 Å². The van der Waals surface area contributed by atoms with Crippen LogP contribution in [0.3, 0.4) is 0 Å². The van der Waals surface area contributed by atoms with E-state index in [4.69, 9.17) is 0 Å². The molecule has 1 unspecified atom stereocenters. The van der Waals surface area contributed by atoms with Crippen LogP contribution in [0.1, 0.15) is 12.5 Å². The lowest BCUT2D eigenvalue weighted by atomic mass is 10.1. The molecule has 0 fully saturated rings. The van der Waals surface area contributed by atoms with Gasteiger partial charge in [-0.05, 0) is 32.0 Å². The Morgan fingerprint density at radius 2 is 2.11 bits per heavy atom. The van der Waals surface area contributed by atoms with Crippen molar-refractivity contribution in [2.24, 2.45) is 5.92 Å². The van der Waals surface area contributed by atoms with Gasteiger partial charge in [0.1, 0.15) is 0 Å². The molecule has 0 saturated carbocycles. The van der Waals surface area contributed by atoms with Crippen LogP contribution in [0, 0.1) is 12.8 Å². The number of imidazole rings is 1. The minimum Gasteiger partial charge on any atom is -0.330 e. The summed E-state index contributed by atoms with van der Waals surface area (Å²) < 4.78 is 2.24. The van der Waals surface area contributed by atoms with Gasteiger partial charge in [0.25, 0.3) is 0 Å². The first kappa shape index (κ1) is 12.8. The average Bonchev–Trinajstić information content (AvgIpc) is 2.78. The van der Waals surface area contributed by atoms with Crippen LogP contribution in [0.25, 0.3) is 11.3 Å². The molecule has 1 N–H and O–H groups in total. The smallest absolute Gasteiger partial charge is 0.0951 e. The number of nitrogens with one attached hydrogen (secondary N) is 1. The quantitative estimate of drug-likeness (QED) is 0.875. The summed E-state index contributed by atoms with van der Waals surface area (Å²) in [5.41, 5.74) is 3.77. The fraction of sp³-hybridized carbons (Fsp3) is 0.400. The largest absolute Gasteiger partial charge is 0.330 e. The summed E-state index contributed by atoms with van der Waals surface area (Å²) in [6, 6.07) is 8.45. The Morgan fingerprint density at radius 1 is 1.33 bits per heavy atom. The lowest BCUT2D eigenvalue weighted by molar-refractivity contribution is 0.464. The third-order valence-electron chi connectivity index (χ3n) is 3.19. The molecule has 2 aromatic rings. The van der Waals surface area contributed by atoms with Gasteiger partial charge < -0.3 is 9.88 Å². The Labute approximate surface area is 109 Å². The number of nitrogens with zero attached hydrogens (tertiary/aromatic N) is 2. The number of hydrogen-bond donors (Lipinski definition) is 1. The molecular weight excluding hydrogens is 222 g/mol. The molecule has 0 aliphatic heterocycles. The number of benzene rings is 1.